The van der Waals surface area contributed by atoms with E-state index in [-0.39, 0.29) is 0 Å². The second kappa shape index (κ2) is 3.12. The second-order valence-corrected chi connectivity index (χ2v) is 2.27. The van der Waals surface area contributed by atoms with Gasteiger partial charge >= 0.3 is 6.03 Å². The number of nitrogens with two attached hydrogens (primary N) is 3. The van der Waals surface area contributed by atoms with Gasteiger partial charge in [0.2, 0.25) is 0 Å². The summed E-state index contributed by atoms with van der Waals surface area (Å²) in [5.74, 6) is -2.09. The predicted molar refractivity (Wildman–Crippen MR) is 42.0 cm³/mol. The Morgan fingerprint density at radius 1 is 1.07 bits per heavy atom. The quantitative estimate of drug-likeness (QED) is 0.474. The van der Waals surface area contributed by atoms with Crippen molar-refractivity contribution in [3.05, 3.63) is 11.4 Å². The molecule has 0 saturated heterocycles. The van der Waals surface area contributed by atoms with Crippen LogP contribution in [-0.2, 0) is 0 Å². The van der Waals surface area contributed by atoms with E-state index < -0.39 is 29.2 Å². The van der Waals surface area contributed by atoms with Crippen LogP contribution in [0.15, 0.2) is 0 Å². The molecule has 0 aliphatic heterocycles. The minimum absolute atomic E-state index is 0.405. The van der Waals surface area contributed by atoms with Crippen LogP contribution in [-0.4, -0.2) is 32.8 Å². The molecule has 9 heteroatoms. The third kappa shape index (κ3) is 1.37. The number of hydrogen-bond acceptors (Lipinski definition) is 5. The number of carbonyl (C=O) groups is 3. The standard InChI is InChI=1S/C5H6N6O3/c6-3(12)1-2(4(7)13)11(5(8)14)10-9-1/h(H2,6,12)(H2,7,13)(H2,8,14). The third-order valence-corrected chi connectivity index (χ3v) is 1.35. The van der Waals surface area contributed by atoms with Crippen molar-refractivity contribution in [1.29, 1.82) is 0 Å². The van der Waals surface area contributed by atoms with Gasteiger partial charge in [0, 0.05) is 0 Å². The Kier molecular flexibility index (Phi) is 2.15. The van der Waals surface area contributed by atoms with Gasteiger partial charge in [-0.3, -0.25) is 9.59 Å². The van der Waals surface area contributed by atoms with E-state index in [0.717, 1.165) is 0 Å². The number of amides is 3. The highest BCUT2D eigenvalue weighted by Gasteiger charge is 2.24. The van der Waals surface area contributed by atoms with Gasteiger partial charge in [-0.1, -0.05) is 5.21 Å². The van der Waals surface area contributed by atoms with Crippen LogP contribution in [0.25, 0.3) is 0 Å². The van der Waals surface area contributed by atoms with Gasteiger partial charge in [-0.2, -0.15) is 4.68 Å². The third-order valence-electron chi connectivity index (χ3n) is 1.35. The maximum absolute atomic E-state index is 10.8. The molecule has 0 fully saturated rings. The van der Waals surface area contributed by atoms with Crippen LogP contribution in [0, 0.1) is 0 Å². The smallest absolute Gasteiger partial charge is 0.341 e. The van der Waals surface area contributed by atoms with Crippen LogP contribution < -0.4 is 17.2 Å². The van der Waals surface area contributed by atoms with Crippen molar-refractivity contribution in [1.82, 2.24) is 15.0 Å². The van der Waals surface area contributed by atoms with Gasteiger partial charge < -0.3 is 17.2 Å². The first-order chi connectivity index (χ1) is 6.45. The molecule has 3 amide bonds. The van der Waals surface area contributed by atoms with E-state index in [1.165, 1.54) is 0 Å². The van der Waals surface area contributed by atoms with Crippen molar-refractivity contribution >= 4 is 17.8 Å². The molecule has 0 atom stereocenters. The normalized spacial score (nSPS) is 9.71. The highest BCUT2D eigenvalue weighted by molar-refractivity contribution is 6.05. The fourth-order valence-electron chi connectivity index (χ4n) is 0.823. The SMILES string of the molecule is NC(=O)c1nnn(C(N)=O)c1C(N)=O. The summed E-state index contributed by atoms with van der Waals surface area (Å²) < 4.78 is 0.405. The number of aromatic nitrogens is 3. The fourth-order valence-corrected chi connectivity index (χ4v) is 0.823. The van der Waals surface area contributed by atoms with Gasteiger partial charge in [0.15, 0.2) is 11.4 Å². The van der Waals surface area contributed by atoms with E-state index in [4.69, 9.17) is 17.2 Å². The summed E-state index contributed by atoms with van der Waals surface area (Å²) in [7, 11) is 0. The Labute approximate surface area is 76.8 Å². The molecule has 1 rings (SSSR count). The largest absolute Gasteiger partial charge is 0.364 e. The Hall–Kier alpha value is -2.45. The van der Waals surface area contributed by atoms with Crippen LogP contribution in [0.3, 0.4) is 0 Å². The van der Waals surface area contributed by atoms with Gasteiger partial charge in [-0.15, -0.1) is 5.10 Å². The van der Waals surface area contributed by atoms with Crippen molar-refractivity contribution in [3.8, 4) is 0 Å². The van der Waals surface area contributed by atoms with Crippen molar-refractivity contribution < 1.29 is 14.4 Å². The Morgan fingerprint density at radius 3 is 2.00 bits per heavy atom. The molecule has 0 saturated carbocycles. The van der Waals surface area contributed by atoms with Gasteiger partial charge in [0.1, 0.15) is 0 Å². The molecule has 0 aliphatic carbocycles. The van der Waals surface area contributed by atoms with Crippen molar-refractivity contribution in [2.24, 2.45) is 17.2 Å². The maximum Gasteiger partial charge on any atom is 0.341 e. The van der Waals surface area contributed by atoms with Gasteiger partial charge in [0.05, 0.1) is 0 Å². The van der Waals surface area contributed by atoms with Crippen LogP contribution >= 0.6 is 0 Å². The molecule has 14 heavy (non-hydrogen) atoms. The van der Waals surface area contributed by atoms with E-state index in [0.29, 0.717) is 4.68 Å². The van der Waals surface area contributed by atoms with Gasteiger partial charge in [0.25, 0.3) is 11.8 Å². The summed E-state index contributed by atoms with van der Waals surface area (Å²) in [4.78, 5) is 32.2. The lowest BCUT2D eigenvalue weighted by Crippen LogP contribution is -2.29. The Balaban J connectivity index is 3.42. The topological polar surface area (TPSA) is 160 Å². The number of carbonyl (C=O) groups excluding carboxylic acids is 3. The lowest BCUT2D eigenvalue weighted by molar-refractivity contribution is 0.0960. The molecular weight excluding hydrogens is 192 g/mol. The van der Waals surface area contributed by atoms with Gasteiger partial charge in [-0.25, -0.2) is 4.79 Å². The molecule has 0 spiro atoms. The summed E-state index contributed by atoms with van der Waals surface area (Å²) in [6.45, 7) is 0. The molecule has 0 aliphatic rings. The predicted octanol–water partition coefficient (Wildman–Crippen LogP) is -2.60. The monoisotopic (exact) mass is 198 g/mol. The van der Waals surface area contributed by atoms with Crippen LogP contribution in [0.5, 0.6) is 0 Å². The van der Waals surface area contributed by atoms with Crippen molar-refractivity contribution in [2.45, 2.75) is 0 Å². The lowest BCUT2D eigenvalue weighted by Gasteiger charge is -1.97. The molecule has 1 aromatic heterocycles. The highest BCUT2D eigenvalue weighted by atomic mass is 16.2. The summed E-state index contributed by atoms with van der Waals surface area (Å²) in [6, 6.07) is -1.08. The fraction of sp³-hybridized carbons (Fsp3) is 0. The molecule has 6 N–H and O–H groups in total. The zero-order chi connectivity index (χ0) is 10.9. The summed E-state index contributed by atoms with van der Waals surface area (Å²) >= 11 is 0. The van der Waals surface area contributed by atoms with Crippen LogP contribution in [0.1, 0.15) is 21.0 Å². The minimum atomic E-state index is -1.08. The Morgan fingerprint density at radius 2 is 1.64 bits per heavy atom. The first-order valence-corrected chi connectivity index (χ1v) is 3.30. The second-order valence-electron chi connectivity index (χ2n) is 2.27. The lowest BCUT2D eigenvalue weighted by atomic mass is 10.3. The summed E-state index contributed by atoms with van der Waals surface area (Å²) in [5, 5.41) is 6.34. The van der Waals surface area contributed by atoms with Gasteiger partial charge in [-0.05, 0) is 0 Å². The van der Waals surface area contributed by atoms with E-state index in [1.54, 1.807) is 0 Å². The molecule has 9 nitrogen and oxygen atoms in total. The first kappa shape index (κ1) is 9.64. The average molecular weight is 198 g/mol. The zero-order valence-electron chi connectivity index (χ0n) is 6.80. The van der Waals surface area contributed by atoms with Crippen LogP contribution in [0.4, 0.5) is 4.79 Å². The number of nitrogens with zero attached hydrogens (tertiary/aromatic N) is 3. The molecule has 0 unspecified atom stereocenters. The zero-order valence-corrected chi connectivity index (χ0v) is 6.80. The van der Waals surface area contributed by atoms with E-state index in [9.17, 15) is 14.4 Å². The van der Waals surface area contributed by atoms with E-state index >= 15 is 0 Å². The summed E-state index contributed by atoms with van der Waals surface area (Å²) in [6.07, 6.45) is 0. The first-order valence-electron chi connectivity index (χ1n) is 3.30. The number of primary amides is 3. The number of hydrogen-bond donors (Lipinski definition) is 3. The highest BCUT2D eigenvalue weighted by Crippen LogP contribution is 2.02. The average Bonchev–Trinajstić information content (AvgIpc) is 2.46. The Bertz CT molecular complexity index is 390. The number of rotatable bonds is 2. The maximum atomic E-state index is 10.8. The molecular formula is C5H6N6O3. The molecule has 74 valence electrons. The van der Waals surface area contributed by atoms with E-state index in [1.807, 2.05) is 0 Å². The minimum Gasteiger partial charge on any atom is -0.364 e. The molecule has 0 aromatic carbocycles. The molecule has 1 heterocycles. The molecule has 0 bridgehead atoms. The molecule has 0 radical (unpaired) electrons. The van der Waals surface area contributed by atoms with Crippen molar-refractivity contribution in [2.75, 3.05) is 0 Å². The molecule has 1 aromatic rings. The van der Waals surface area contributed by atoms with Crippen LogP contribution in [0.2, 0.25) is 0 Å². The van der Waals surface area contributed by atoms with Crippen molar-refractivity contribution in [3.63, 3.8) is 0 Å². The summed E-state index contributed by atoms with van der Waals surface area (Å²) in [5.41, 5.74) is 13.5. The van der Waals surface area contributed by atoms with E-state index in [2.05, 4.69) is 10.3 Å².